The molecular weight excluding hydrogens is 499 g/mol. The summed E-state index contributed by atoms with van der Waals surface area (Å²) in [6, 6.07) is 11.8. The third-order valence-corrected chi connectivity index (χ3v) is 7.23. The molecule has 9 heteroatoms. The highest BCUT2D eigenvalue weighted by atomic mass is 35.5. The third kappa shape index (κ3) is 7.28. The highest BCUT2D eigenvalue weighted by molar-refractivity contribution is 6.43. The van der Waals surface area contributed by atoms with E-state index in [1.807, 2.05) is 43.3 Å². The van der Waals surface area contributed by atoms with Gasteiger partial charge in [0.05, 0.1) is 28.0 Å². The zero-order chi connectivity index (χ0) is 25.3. The number of fused-ring (bicyclic) bond motifs is 1. The van der Waals surface area contributed by atoms with Crippen LogP contribution in [0.2, 0.25) is 10.0 Å². The maximum Gasteiger partial charge on any atom is 0.413 e. The van der Waals surface area contributed by atoms with Gasteiger partial charge in [-0.3, -0.25) is 4.90 Å². The van der Waals surface area contributed by atoms with Gasteiger partial charge in [-0.25, -0.2) is 9.79 Å². The van der Waals surface area contributed by atoms with Crippen LogP contribution in [-0.2, 0) is 11.2 Å². The van der Waals surface area contributed by atoms with Crippen LogP contribution in [0.5, 0.6) is 5.75 Å². The van der Waals surface area contributed by atoms with Crippen molar-refractivity contribution in [3.8, 4) is 5.75 Å². The van der Waals surface area contributed by atoms with Crippen molar-refractivity contribution in [1.29, 1.82) is 0 Å². The van der Waals surface area contributed by atoms with Crippen LogP contribution in [-0.4, -0.2) is 62.8 Å². The molecule has 2 aromatic carbocycles. The fraction of sp³-hybridized carbons (Fsp3) is 0.481. The zero-order valence-corrected chi connectivity index (χ0v) is 22.3. The molecule has 2 heterocycles. The van der Waals surface area contributed by atoms with E-state index in [0.29, 0.717) is 35.5 Å². The molecule has 0 spiro atoms. The molecule has 4 rings (SSSR count). The van der Waals surface area contributed by atoms with Crippen molar-refractivity contribution in [1.82, 2.24) is 10.2 Å². The van der Waals surface area contributed by atoms with Crippen molar-refractivity contribution in [3.63, 3.8) is 0 Å². The molecule has 7 nitrogen and oxygen atoms in total. The zero-order valence-electron chi connectivity index (χ0n) is 20.8. The van der Waals surface area contributed by atoms with Crippen LogP contribution >= 0.6 is 23.2 Å². The largest absolute Gasteiger partial charge is 0.494 e. The minimum absolute atomic E-state index is 0.443. The average molecular weight is 534 g/mol. The number of ether oxygens (including phenoxy) is 2. The van der Waals surface area contributed by atoms with Crippen LogP contribution in [0.15, 0.2) is 41.4 Å². The van der Waals surface area contributed by atoms with E-state index in [9.17, 15) is 4.79 Å². The lowest BCUT2D eigenvalue weighted by molar-refractivity contribution is 0.196. The lowest BCUT2D eigenvalue weighted by Crippen LogP contribution is -2.46. The van der Waals surface area contributed by atoms with Crippen molar-refractivity contribution in [2.24, 2.45) is 4.99 Å². The number of carbonyl (C=O) groups excluding carboxylic acids is 1. The van der Waals surface area contributed by atoms with E-state index >= 15 is 0 Å². The van der Waals surface area contributed by atoms with Crippen LogP contribution in [0.4, 0.5) is 16.2 Å². The van der Waals surface area contributed by atoms with Gasteiger partial charge in [0.2, 0.25) is 5.90 Å². The van der Waals surface area contributed by atoms with E-state index in [1.54, 1.807) is 0 Å². The molecule has 36 heavy (non-hydrogen) atoms. The normalized spacial score (nSPS) is 15.8. The van der Waals surface area contributed by atoms with Crippen LogP contribution < -0.4 is 15.0 Å². The maximum atomic E-state index is 11.8. The van der Waals surface area contributed by atoms with Gasteiger partial charge in [0, 0.05) is 45.2 Å². The van der Waals surface area contributed by atoms with Crippen molar-refractivity contribution in [2.45, 2.75) is 39.0 Å². The van der Waals surface area contributed by atoms with E-state index in [1.165, 1.54) is 0 Å². The number of aryl methyl sites for hydroxylation is 1. The number of halogens is 2. The summed E-state index contributed by atoms with van der Waals surface area (Å²) in [6.45, 7) is 8.20. The molecule has 2 aliphatic rings. The Kier molecular flexibility index (Phi) is 9.73. The van der Waals surface area contributed by atoms with Gasteiger partial charge in [-0.1, -0.05) is 42.3 Å². The molecule has 1 fully saturated rings. The Labute approximate surface area is 223 Å². The molecule has 2 aliphatic heterocycles. The smallest absolute Gasteiger partial charge is 0.413 e. The second-order valence-electron chi connectivity index (χ2n) is 9.07. The van der Waals surface area contributed by atoms with E-state index in [2.05, 4.69) is 20.1 Å². The highest BCUT2D eigenvalue weighted by Gasteiger charge is 2.20. The topological polar surface area (TPSA) is 66.4 Å². The SMILES string of the molecule is CCCNC(=O)OC1=Nc2cc(OCCCCN3CCN(c4cccc(Cl)c4Cl)CC3)ccc2CC1. The molecule has 1 N–H and O–H groups in total. The second kappa shape index (κ2) is 13.2. The number of aliphatic imine (C=N–C) groups is 1. The molecule has 0 radical (unpaired) electrons. The predicted molar refractivity (Wildman–Crippen MR) is 146 cm³/mol. The summed E-state index contributed by atoms with van der Waals surface area (Å²) < 4.78 is 11.3. The van der Waals surface area contributed by atoms with Gasteiger partial charge in [-0.15, -0.1) is 0 Å². The Bertz CT molecular complexity index is 1070. The number of anilines is 1. The van der Waals surface area contributed by atoms with Gasteiger partial charge in [0.15, 0.2) is 0 Å². The van der Waals surface area contributed by atoms with Gasteiger partial charge >= 0.3 is 6.09 Å². The number of piperazine rings is 1. The molecule has 194 valence electrons. The third-order valence-electron chi connectivity index (χ3n) is 6.42. The Morgan fingerprint density at radius 1 is 1.08 bits per heavy atom. The fourth-order valence-electron chi connectivity index (χ4n) is 4.40. The van der Waals surface area contributed by atoms with E-state index in [0.717, 1.165) is 81.1 Å². The molecule has 0 saturated carbocycles. The molecule has 2 aromatic rings. The summed E-state index contributed by atoms with van der Waals surface area (Å²) in [6.07, 6.45) is 3.89. The van der Waals surface area contributed by atoms with Crippen LogP contribution in [0.3, 0.4) is 0 Å². The number of benzene rings is 2. The number of nitrogens with one attached hydrogen (secondary N) is 1. The molecule has 0 unspecified atom stereocenters. The van der Waals surface area contributed by atoms with Gasteiger partial charge in [-0.05, 0) is 56.0 Å². The lowest BCUT2D eigenvalue weighted by atomic mass is 10.0. The molecule has 0 aromatic heterocycles. The molecule has 0 aliphatic carbocycles. The van der Waals surface area contributed by atoms with E-state index in [-0.39, 0.29) is 0 Å². The number of amides is 1. The number of alkyl carbamates (subject to hydrolysis) is 1. The number of hydrogen-bond acceptors (Lipinski definition) is 6. The number of rotatable bonds is 9. The second-order valence-corrected chi connectivity index (χ2v) is 9.85. The van der Waals surface area contributed by atoms with Gasteiger partial charge in [-0.2, -0.15) is 0 Å². The monoisotopic (exact) mass is 532 g/mol. The van der Waals surface area contributed by atoms with Crippen molar-refractivity contribution in [2.75, 3.05) is 50.8 Å². The number of nitrogens with zero attached hydrogens (tertiary/aromatic N) is 3. The van der Waals surface area contributed by atoms with Crippen LogP contribution in [0.25, 0.3) is 0 Å². The molecule has 0 atom stereocenters. The maximum absolute atomic E-state index is 11.8. The molecule has 0 bridgehead atoms. The summed E-state index contributed by atoms with van der Waals surface area (Å²) in [7, 11) is 0. The minimum atomic E-state index is -0.443. The summed E-state index contributed by atoms with van der Waals surface area (Å²) in [5.74, 6) is 1.24. The lowest BCUT2D eigenvalue weighted by Gasteiger charge is -2.36. The first-order valence-electron chi connectivity index (χ1n) is 12.7. The minimum Gasteiger partial charge on any atom is -0.494 e. The van der Waals surface area contributed by atoms with Crippen LogP contribution in [0, 0.1) is 0 Å². The Morgan fingerprint density at radius 2 is 1.92 bits per heavy atom. The van der Waals surface area contributed by atoms with Crippen molar-refractivity contribution >= 4 is 46.6 Å². The Hall–Kier alpha value is -2.48. The first kappa shape index (κ1) is 26.6. The molecule has 1 amide bonds. The van der Waals surface area contributed by atoms with Gasteiger partial charge < -0.3 is 19.7 Å². The highest BCUT2D eigenvalue weighted by Crippen LogP contribution is 2.33. The number of unbranched alkanes of at least 4 members (excludes halogenated alkanes) is 1. The summed E-state index contributed by atoms with van der Waals surface area (Å²) in [4.78, 5) is 21.1. The summed E-state index contributed by atoms with van der Waals surface area (Å²) >= 11 is 12.6. The first-order valence-corrected chi connectivity index (χ1v) is 13.5. The predicted octanol–water partition coefficient (Wildman–Crippen LogP) is 6.09. The quantitative estimate of drug-likeness (QED) is 0.396. The van der Waals surface area contributed by atoms with E-state index < -0.39 is 6.09 Å². The average Bonchev–Trinajstić information content (AvgIpc) is 2.89. The standard InChI is InChI=1S/C27H34Cl2N4O3/c1-2-12-30-27(34)36-25-11-9-20-8-10-21(19-23(20)31-25)35-18-4-3-13-32-14-16-33(17-15-32)24-7-5-6-22(28)26(24)29/h5-8,10,19H,2-4,9,11-18H2,1H3,(H,30,34). The van der Waals surface area contributed by atoms with Gasteiger partial charge in [0.25, 0.3) is 0 Å². The number of carbonyl (C=O) groups is 1. The fourth-order valence-corrected chi connectivity index (χ4v) is 4.82. The summed E-state index contributed by atoms with van der Waals surface area (Å²) in [5, 5.41) is 3.95. The van der Waals surface area contributed by atoms with Gasteiger partial charge in [0.1, 0.15) is 5.75 Å². The number of hydrogen-bond donors (Lipinski definition) is 1. The van der Waals surface area contributed by atoms with Crippen molar-refractivity contribution < 1.29 is 14.3 Å². The van der Waals surface area contributed by atoms with Crippen molar-refractivity contribution in [3.05, 3.63) is 52.0 Å². The van der Waals surface area contributed by atoms with E-state index in [4.69, 9.17) is 32.7 Å². The molecular formula is C27H34Cl2N4O3. The summed E-state index contributed by atoms with van der Waals surface area (Å²) in [5.41, 5.74) is 2.97. The first-order chi connectivity index (χ1) is 17.5. The van der Waals surface area contributed by atoms with Crippen LogP contribution in [0.1, 0.15) is 38.2 Å². The Balaban J connectivity index is 1.17. The molecule has 1 saturated heterocycles. The Morgan fingerprint density at radius 3 is 2.72 bits per heavy atom.